The van der Waals surface area contributed by atoms with Gasteiger partial charge in [-0.3, -0.25) is 9.69 Å². The summed E-state index contributed by atoms with van der Waals surface area (Å²) < 4.78 is 5.53. The first-order valence-electron chi connectivity index (χ1n) is 8.74. The molecule has 0 spiro atoms. The third-order valence-corrected chi connectivity index (χ3v) is 4.49. The molecule has 0 aliphatic rings. The first-order valence-corrected chi connectivity index (χ1v) is 8.74. The van der Waals surface area contributed by atoms with Crippen LogP contribution in [0.25, 0.3) is 0 Å². The second-order valence-corrected chi connectivity index (χ2v) is 6.49. The molecule has 4 heteroatoms. The van der Waals surface area contributed by atoms with Gasteiger partial charge in [-0.15, -0.1) is 0 Å². The Balaban J connectivity index is 1.80. The van der Waals surface area contributed by atoms with E-state index in [0.29, 0.717) is 6.54 Å². The van der Waals surface area contributed by atoms with Gasteiger partial charge in [0.05, 0.1) is 18.2 Å². The van der Waals surface area contributed by atoms with Crippen molar-refractivity contribution >= 4 is 5.91 Å². The molecule has 0 saturated heterocycles. The number of nitrogens with one attached hydrogen (secondary N) is 1. The summed E-state index contributed by atoms with van der Waals surface area (Å²) in [6, 6.07) is 23.5. The zero-order valence-electron chi connectivity index (χ0n) is 15.1. The minimum absolute atomic E-state index is 0.0128. The first kappa shape index (κ1) is 18.0. The highest BCUT2D eigenvalue weighted by Gasteiger charge is 2.24. The van der Waals surface area contributed by atoms with Crippen LogP contribution >= 0.6 is 0 Å². The zero-order chi connectivity index (χ0) is 18.4. The molecular formula is C22H24N2O2. The van der Waals surface area contributed by atoms with Crippen molar-refractivity contribution in [3.8, 4) is 0 Å². The maximum Gasteiger partial charge on any atom is 0.232 e. The maximum absolute atomic E-state index is 13.1. The van der Waals surface area contributed by atoms with Crippen LogP contribution in [0.3, 0.4) is 0 Å². The van der Waals surface area contributed by atoms with Crippen molar-refractivity contribution in [3.63, 3.8) is 0 Å². The van der Waals surface area contributed by atoms with Gasteiger partial charge < -0.3 is 9.73 Å². The van der Waals surface area contributed by atoms with Gasteiger partial charge in [0.15, 0.2) is 0 Å². The number of hydrogen-bond donors (Lipinski definition) is 1. The third kappa shape index (κ3) is 4.21. The summed E-state index contributed by atoms with van der Waals surface area (Å²) in [6.45, 7) is 0.482. The van der Waals surface area contributed by atoms with Gasteiger partial charge >= 0.3 is 0 Å². The van der Waals surface area contributed by atoms with Crippen LogP contribution in [0.5, 0.6) is 0 Å². The van der Waals surface area contributed by atoms with Crippen molar-refractivity contribution in [2.45, 2.75) is 12.0 Å². The van der Waals surface area contributed by atoms with E-state index >= 15 is 0 Å². The Bertz CT molecular complexity index is 759. The molecule has 0 bridgehead atoms. The van der Waals surface area contributed by atoms with Crippen LogP contribution in [0, 0.1) is 0 Å². The Labute approximate surface area is 154 Å². The quantitative estimate of drug-likeness (QED) is 0.706. The van der Waals surface area contributed by atoms with E-state index < -0.39 is 0 Å². The van der Waals surface area contributed by atoms with Gasteiger partial charge in [0.25, 0.3) is 0 Å². The number of amides is 1. The summed E-state index contributed by atoms with van der Waals surface area (Å²) in [4.78, 5) is 15.1. The Kier molecular flexibility index (Phi) is 5.87. The molecule has 134 valence electrons. The van der Waals surface area contributed by atoms with Gasteiger partial charge in [-0.2, -0.15) is 0 Å². The van der Waals surface area contributed by atoms with Crippen molar-refractivity contribution in [1.82, 2.24) is 10.2 Å². The summed E-state index contributed by atoms with van der Waals surface area (Å²) in [5, 5.41) is 3.11. The molecule has 4 nitrogen and oxygen atoms in total. The van der Waals surface area contributed by atoms with Crippen molar-refractivity contribution in [2.75, 3.05) is 20.6 Å². The van der Waals surface area contributed by atoms with E-state index in [2.05, 4.69) is 5.32 Å². The van der Waals surface area contributed by atoms with Crippen molar-refractivity contribution < 1.29 is 9.21 Å². The van der Waals surface area contributed by atoms with Gasteiger partial charge in [-0.05, 0) is 37.4 Å². The molecule has 1 amide bonds. The second kappa shape index (κ2) is 8.50. The number of rotatable bonds is 7. The monoisotopic (exact) mass is 348 g/mol. The lowest BCUT2D eigenvalue weighted by Gasteiger charge is -2.24. The lowest BCUT2D eigenvalue weighted by molar-refractivity contribution is -0.121. The van der Waals surface area contributed by atoms with Crippen molar-refractivity contribution in [1.29, 1.82) is 0 Å². The molecule has 0 fully saturated rings. The highest BCUT2D eigenvalue weighted by Crippen LogP contribution is 2.25. The molecule has 1 aromatic heterocycles. The van der Waals surface area contributed by atoms with E-state index in [-0.39, 0.29) is 17.9 Å². The molecule has 0 saturated carbocycles. The SMILES string of the molecule is CN(C)C(CNC(=O)C(c1ccccc1)c1ccccc1)c1ccco1. The molecule has 1 heterocycles. The van der Waals surface area contributed by atoms with Crippen LogP contribution in [-0.4, -0.2) is 31.4 Å². The predicted octanol–water partition coefficient (Wildman–Crippen LogP) is 3.83. The second-order valence-electron chi connectivity index (χ2n) is 6.49. The minimum Gasteiger partial charge on any atom is -0.468 e. The highest BCUT2D eigenvalue weighted by molar-refractivity contribution is 5.87. The summed E-state index contributed by atoms with van der Waals surface area (Å²) in [6.07, 6.45) is 1.66. The molecule has 1 atom stereocenters. The lowest BCUT2D eigenvalue weighted by atomic mass is 9.90. The van der Waals surface area contributed by atoms with Crippen LogP contribution in [-0.2, 0) is 4.79 Å². The molecule has 1 unspecified atom stereocenters. The molecule has 3 aromatic rings. The number of carbonyl (C=O) groups is 1. The molecule has 0 aliphatic heterocycles. The van der Waals surface area contributed by atoms with Gasteiger partial charge in [0.1, 0.15) is 5.76 Å². The Morgan fingerprint density at radius 1 is 0.923 bits per heavy atom. The summed E-state index contributed by atoms with van der Waals surface area (Å²) in [7, 11) is 3.95. The molecule has 1 N–H and O–H groups in total. The summed E-state index contributed by atoms with van der Waals surface area (Å²) in [5.74, 6) is 0.490. The summed E-state index contributed by atoms with van der Waals surface area (Å²) in [5.41, 5.74) is 1.96. The minimum atomic E-state index is -0.336. The normalized spacial score (nSPS) is 12.3. The fourth-order valence-electron chi connectivity index (χ4n) is 3.10. The van der Waals surface area contributed by atoms with Crippen LogP contribution < -0.4 is 5.32 Å². The average Bonchev–Trinajstić information content (AvgIpc) is 3.18. The predicted molar refractivity (Wildman–Crippen MR) is 103 cm³/mol. The Morgan fingerprint density at radius 2 is 1.50 bits per heavy atom. The van der Waals surface area contributed by atoms with Gasteiger partial charge in [0, 0.05) is 6.54 Å². The van der Waals surface area contributed by atoms with E-state index in [1.54, 1.807) is 6.26 Å². The van der Waals surface area contributed by atoms with Gasteiger partial charge in [-0.25, -0.2) is 0 Å². The fourth-order valence-corrected chi connectivity index (χ4v) is 3.10. The third-order valence-electron chi connectivity index (χ3n) is 4.49. The number of likely N-dealkylation sites (N-methyl/N-ethyl adjacent to an activating group) is 1. The molecule has 2 aromatic carbocycles. The standard InChI is InChI=1S/C22H24N2O2/c1-24(2)19(20-14-9-15-26-20)16-23-22(25)21(17-10-5-3-6-11-17)18-12-7-4-8-13-18/h3-15,19,21H,16H2,1-2H3,(H,23,25). The number of furan rings is 1. The molecule has 0 radical (unpaired) electrons. The summed E-state index contributed by atoms with van der Waals surface area (Å²) >= 11 is 0. The maximum atomic E-state index is 13.1. The van der Waals surface area contributed by atoms with Crippen molar-refractivity contribution in [3.05, 3.63) is 95.9 Å². The van der Waals surface area contributed by atoms with Gasteiger partial charge in [0.2, 0.25) is 5.91 Å². The van der Waals surface area contributed by atoms with Gasteiger partial charge in [-0.1, -0.05) is 60.7 Å². The topological polar surface area (TPSA) is 45.5 Å². The average molecular weight is 348 g/mol. The zero-order valence-corrected chi connectivity index (χ0v) is 15.1. The van der Waals surface area contributed by atoms with Crippen molar-refractivity contribution in [2.24, 2.45) is 0 Å². The van der Waals surface area contributed by atoms with Crippen LogP contribution in [0.1, 0.15) is 28.8 Å². The van der Waals surface area contributed by atoms with E-state index in [1.165, 1.54) is 0 Å². The number of nitrogens with zero attached hydrogens (tertiary/aromatic N) is 1. The number of carbonyl (C=O) groups excluding carboxylic acids is 1. The van der Waals surface area contributed by atoms with E-state index in [0.717, 1.165) is 16.9 Å². The lowest BCUT2D eigenvalue weighted by Crippen LogP contribution is -2.37. The first-order chi connectivity index (χ1) is 12.7. The Morgan fingerprint density at radius 3 is 1.96 bits per heavy atom. The van der Waals surface area contributed by atoms with Crippen LogP contribution in [0.15, 0.2) is 83.5 Å². The fraction of sp³-hybridized carbons (Fsp3) is 0.227. The Hall–Kier alpha value is -2.85. The number of benzene rings is 2. The van der Waals surface area contributed by atoms with E-state index in [4.69, 9.17) is 4.42 Å². The molecule has 26 heavy (non-hydrogen) atoms. The molecule has 0 aliphatic carbocycles. The van der Waals surface area contributed by atoms with E-state index in [9.17, 15) is 4.79 Å². The van der Waals surface area contributed by atoms with Crippen LogP contribution in [0.2, 0.25) is 0 Å². The number of hydrogen-bond acceptors (Lipinski definition) is 3. The van der Waals surface area contributed by atoms with Crippen LogP contribution in [0.4, 0.5) is 0 Å². The highest BCUT2D eigenvalue weighted by atomic mass is 16.3. The van der Waals surface area contributed by atoms with E-state index in [1.807, 2.05) is 91.8 Å². The molecular weight excluding hydrogens is 324 g/mol. The smallest absolute Gasteiger partial charge is 0.232 e. The largest absolute Gasteiger partial charge is 0.468 e. The molecule has 3 rings (SSSR count).